The molecule has 10 nitrogen and oxygen atoms in total. The van der Waals surface area contributed by atoms with Crippen LogP contribution in [0.2, 0.25) is 5.15 Å². The lowest BCUT2D eigenvalue weighted by Gasteiger charge is -2.36. The number of hydrogen-bond donors (Lipinski definition) is 2. The van der Waals surface area contributed by atoms with Crippen LogP contribution in [0.25, 0.3) is 17.0 Å². The minimum Gasteiger partial charge on any atom is -0.372 e. The van der Waals surface area contributed by atoms with E-state index in [9.17, 15) is 18.4 Å². The van der Waals surface area contributed by atoms with Crippen LogP contribution in [-0.2, 0) is 6.54 Å². The first-order valence-corrected chi connectivity index (χ1v) is 16.2. The minimum atomic E-state index is -1.04. The highest BCUT2D eigenvalue weighted by Crippen LogP contribution is 2.25. The molecule has 0 radical (unpaired) electrons. The van der Waals surface area contributed by atoms with Gasteiger partial charge in [0.05, 0.1) is 12.1 Å². The monoisotopic (exact) mass is 684 g/mol. The van der Waals surface area contributed by atoms with Crippen molar-refractivity contribution in [2.24, 2.45) is 0 Å². The van der Waals surface area contributed by atoms with Crippen molar-refractivity contribution >= 4 is 51.8 Å². The van der Waals surface area contributed by atoms with Gasteiger partial charge in [0, 0.05) is 48.8 Å². The summed E-state index contributed by atoms with van der Waals surface area (Å²) in [6.07, 6.45) is 8.85. The van der Waals surface area contributed by atoms with Crippen LogP contribution in [0.15, 0.2) is 83.9 Å². The number of carbonyl (C=O) groups excluding carboxylic acids is 1. The maximum Gasteiger partial charge on any atom is 0.282 e. The first kappa shape index (κ1) is 33.7. The maximum atomic E-state index is 13.6. The molecule has 49 heavy (non-hydrogen) atoms. The quantitative estimate of drug-likeness (QED) is 0.188. The van der Waals surface area contributed by atoms with Crippen LogP contribution < -0.4 is 21.1 Å². The molecule has 0 spiro atoms. The molecule has 13 heteroatoms. The average Bonchev–Trinajstić information content (AvgIpc) is 3.10. The Morgan fingerprint density at radius 3 is 2.57 bits per heavy atom. The molecule has 6 rings (SSSR count). The van der Waals surface area contributed by atoms with Gasteiger partial charge in [-0.15, -0.1) is 0 Å². The summed E-state index contributed by atoms with van der Waals surface area (Å²) in [5, 5.41) is 6.67. The fraction of sp³-hybridized carbons (Fsp3) is 0.250. The van der Waals surface area contributed by atoms with Gasteiger partial charge in [0.1, 0.15) is 5.15 Å². The van der Waals surface area contributed by atoms with Crippen molar-refractivity contribution in [2.45, 2.75) is 25.4 Å². The number of carbonyl (C=O) groups is 1. The molecule has 3 aromatic carbocycles. The Morgan fingerprint density at radius 1 is 1.04 bits per heavy atom. The summed E-state index contributed by atoms with van der Waals surface area (Å²) < 4.78 is 28.0. The zero-order chi connectivity index (χ0) is 34.5. The second-order valence-corrected chi connectivity index (χ2v) is 12.4. The van der Waals surface area contributed by atoms with E-state index >= 15 is 0 Å². The molecule has 252 valence electrons. The number of aromatic nitrogens is 4. The van der Waals surface area contributed by atoms with Crippen LogP contribution in [-0.4, -0.2) is 70.1 Å². The van der Waals surface area contributed by atoms with E-state index < -0.39 is 28.8 Å². The lowest BCUT2D eigenvalue weighted by molar-refractivity contribution is 0.0950. The first-order chi connectivity index (χ1) is 23.6. The first-order valence-electron chi connectivity index (χ1n) is 15.8. The van der Waals surface area contributed by atoms with Crippen LogP contribution >= 0.6 is 11.6 Å². The second kappa shape index (κ2) is 14.9. The number of amides is 1. The molecule has 0 aliphatic carbocycles. The smallest absolute Gasteiger partial charge is 0.282 e. The summed E-state index contributed by atoms with van der Waals surface area (Å²) in [4.78, 5) is 43.4. The fourth-order valence-corrected chi connectivity index (χ4v) is 5.96. The van der Waals surface area contributed by atoms with Crippen LogP contribution in [0, 0.1) is 11.6 Å². The van der Waals surface area contributed by atoms with E-state index in [1.54, 1.807) is 12.3 Å². The van der Waals surface area contributed by atoms with Gasteiger partial charge in [0.2, 0.25) is 5.95 Å². The molecule has 0 bridgehead atoms. The molecule has 2 aromatic heterocycles. The largest absolute Gasteiger partial charge is 0.372 e. The molecule has 1 fully saturated rings. The Bertz CT molecular complexity index is 2060. The molecule has 3 heterocycles. The Hall–Kier alpha value is -5.20. The van der Waals surface area contributed by atoms with Gasteiger partial charge in [-0.25, -0.2) is 23.7 Å². The van der Waals surface area contributed by atoms with Crippen molar-refractivity contribution in [3.8, 4) is 0 Å². The standard InChI is InChI=1S/C36H35ClF2N8O2/c1-45-16-13-28(14-17-45)46(2)27-9-7-26(8-10-27)42-36-41-20-25-18-23(6-12-31(25)43-36)4-3-15-40-34(48)33-35(49)47(22-32(37)44-33)21-24-5-11-29(38)30(39)19-24/h3-12,18-20,22,28H,13-17,21H2,1-2H3,(H,40,48)(H,41,42,43). The number of benzene rings is 3. The number of piperidine rings is 1. The summed E-state index contributed by atoms with van der Waals surface area (Å²) in [7, 11) is 4.33. The molecule has 1 aliphatic rings. The van der Waals surface area contributed by atoms with Crippen LogP contribution in [0.5, 0.6) is 0 Å². The molecular weight excluding hydrogens is 650 g/mol. The van der Waals surface area contributed by atoms with Crippen molar-refractivity contribution in [2.75, 3.05) is 43.9 Å². The third-order valence-corrected chi connectivity index (χ3v) is 8.74. The molecule has 0 unspecified atom stereocenters. The molecule has 0 atom stereocenters. The molecule has 5 aromatic rings. The highest BCUT2D eigenvalue weighted by atomic mass is 35.5. The molecule has 1 saturated heterocycles. The van der Waals surface area contributed by atoms with Crippen LogP contribution in [0.4, 0.5) is 26.1 Å². The van der Waals surface area contributed by atoms with E-state index in [0.717, 1.165) is 64.8 Å². The van der Waals surface area contributed by atoms with Gasteiger partial charge < -0.3 is 25.0 Å². The number of fused-ring (bicyclic) bond motifs is 1. The van der Waals surface area contributed by atoms with Gasteiger partial charge in [-0.05, 0) is 92.6 Å². The maximum absolute atomic E-state index is 13.6. The van der Waals surface area contributed by atoms with Gasteiger partial charge in [0.15, 0.2) is 17.3 Å². The predicted molar refractivity (Wildman–Crippen MR) is 189 cm³/mol. The third-order valence-electron chi connectivity index (χ3n) is 8.56. The zero-order valence-corrected chi connectivity index (χ0v) is 27.8. The highest BCUT2D eigenvalue weighted by molar-refractivity contribution is 6.29. The fourth-order valence-electron chi connectivity index (χ4n) is 5.75. The average molecular weight is 685 g/mol. The molecule has 1 aliphatic heterocycles. The summed E-state index contributed by atoms with van der Waals surface area (Å²) in [6, 6.07) is 17.9. The van der Waals surface area contributed by atoms with Gasteiger partial charge in [0.25, 0.3) is 11.5 Å². The Labute approximate surface area is 287 Å². The van der Waals surface area contributed by atoms with E-state index in [2.05, 4.69) is 61.6 Å². The van der Waals surface area contributed by atoms with E-state index in [0.29, 0.717) is 17.6 Å². The number of rotatable bonds is 10. The van der Waals surface area contributed by atoms with Gasteiger partial charge in [-0.1, -0.05) is 35.9 Å². The SMILES string of the molecule is CN1CCC(N(C)c2ccc(Nc3ncc4cc(C=CCNC(=O)c5nc(Cl)cn(Cc6ccc(F)c(F)c6)c5=O)ccc4n3)cc2)CC1. The van der Waals surface area contributed by atoms with E-state index in [-0.39, 0.29) is 18.2 Å². The normalized spacial score (nSPS) is 14.0. The third kappa shape index (κ3) is 8.27. The van der Waals surface area contributed by atoms with Gasteiger partial charge in [-0.2, -0.15) is 0 Å². The lowest BCUT2D eigenvalue weighted by atomic mass is 10.0. The van der Waals surface area contributed by atoms with Crippen LogP contribution in [0.3, 0.4) is 0 Å². The summed E-state index contributed by atoms with van der Waals surface area (Å²) >= 11 is 6.06. The molecule has 2 N–H and O–H groups in total. The summed E-state index contributed by atoms with van der Waals surface area (Å²) in [5.74, 6) is -2.27. The summed E-state index contributed by atoms with van der Waals surface area (Å²) in [5.41, 5.74) is 2.91. The van der Waals surface area contributed by atoms with E-state index in [1.165, 1.54) is 18.0 Å². The lowest BCUT2D eigenvalue weighted by Crippen LogP contribution is -2.41. The van der Waals surface area contributed by atoms with Crippen molar-refractivity contribution in [1.29, 1.82) is 0 Å². The minimum absolute atomic E-state index is 0.0938. The number of likely N-dealkylation sites (tertiary alicyclic amines) is 1. The van der Waals surface area contributed by atoms with Gasteiger partial charge >= 0.3 is 0 Å². The van der Waals surface area contributed by atoms with Crippen molar-refractivity contribution in [1.82, 2.24) is 29.7 Å². The Kier molecular flexibility index (Phi) is 10.3. The van der Waals surface area contributed by atoms with Crippen molar-refractivity contribution in [3.05, 3.63) is 123 Å². The second-order valence-electron chi connectivity index (χ2n) is 12.0. The Balaban J connectivity index is 1.04. The van der Waals surface area contributed by atoms with E-state index in [1.807, 2.05) is 36.4 Å². The van der Waals surface area contributed by atoms with E-state index in [4.69, 9.17) is 11.6 Å². The molecule has 0 saturated carbocycles. The summed E-state index contributed by atoms with van der Waals surface area (Å²) in [6.45, 7) is 2.22. The number of halogens is 3. The van der Waals surface area contributed by atoms with Crippen molar-refractivity contribution in [3.63, 3.8) is 0 Å². The predicted octanol–water partition coefficient (Wildman–Crippen LogP) is 5.88. The van der Waals surface area contributed by atoms with Gasteiger partial charge in [-0.3, -0.25) is 9.59 Å². The number of nitrogens with zero attached hydrogens (tertiary/aromatic N) is 6. The Morgan fingerprint density at radius 2 is 1.82 bits per heavy atom. The highest BCUT2D eigenvalue weighted by Gasteiger charge is 2.21. The van der Waals surface area contributed by atoms with Crippen molar-refractivity contribution < 1.29 is 13.6 Å². The zero-order valence-electron chi connectivity index (χ0n) is 27.0. The number of nitrogens with one attached hydrogen (secondary N) is 2. The number of hydrogen-bond acceptors (Lipinski definition) is 8. The van der Waals surface area contributed by atoms with Crippen LogP contribution in [0.1, 0.15) is 34.5 Å². The number of anilines is 3. The molecule has 1 amide bonds. The molecular formula is C36H35ClF2N8O2. The topological polar surface area (TPSA) is 108 Å².